The molecule has 0 spiro atoms. The molecule has 0 saturated heterocycles. The molecule has 3 aromatic carbocycles. The number of nitrogens with one attached hydrogen (secondary N) is 1. The number of carbonyl (C=O) groups is 2. The number of aryl methyl sites for hydroxylation is 2. The Morgan fingerprint density at radius 1 is 0.776 bits per heavy atom. The van der Waals surface area contributed by atoms with Crippen LogP contribution in [0.1, 0.15) is 211 Å². The number of hydrogen-bond acceptors (Lipinski definition) is 10. The topological polar surface area (TPSA) is 108 Å². The SMILES string of the molecule is C=C(C(C)CC)N(c1cc(OCCOCCOC)c(C(CCC)CCCCC)cc1C)c1cccc(Br)c1C(=O)C(C)CC.CCC.CCCCCCOCC(NC(=O)OC(C)(C)C)c1ccc(-c2scnc2C)cc1. The molecule has 4 rings (SSSR count). The summed E-state index contributed by atoms with van der Waals surface area (Å²) in [6, 6.07) is 18.5. The van der Waals surface area contributed by atoms with Crippen molar-refractivity contribution in [2.75, 3.05) is 51.7 Å². The molecular formula is C64H100BrN3O7S. The van der Waals surface area contributed by atoms with E-state index in [0.717, 1.165) is 88.2 Å². The van der Waals surface area contributed by atoms with Gasteiger partial charge in [-0.15, -0.1) is 11.3 Å². The molecule has 426 valence electrons. The average Bonchev–Trinajstić information content (AvgIpc) is 3.83. The van der Waals surface area contributed by atoms with Gasteiger partial charge in [-0.3, -0.25) is 4.79 Å². The van der Waals surface area contributed by atoms with E-state index in [-0.39, 0.29) is 23.7 Å². The van der Waals surface area contributed by atoms with Gasteiger partial charge in [-0.2, -0.15) is 0 Å². The van der Waals surface area contributed by atoms with E-state index in [2.05, 4.69) is 130 Å². The fourth-order valence-electron chi connectivity index (χ4n) is 8.50. The monoisotopic (exact) mass is 1130 g/mol. The number of methoxy groups -OCH3 is 1. The van der Waals surface area contributed by atoms with Gasteiger partial charge >= 0.3 is 6.09 Å². The van der Waals surface area contributed by atoms with Crippen LogP contribution in [0.3, 0.4) is 0 Å². The molecule has 0 bridgehead atoms. The quantitative estimate of drug-likeness (QED) is 0.0378. The molecule has 1 heterocycles. The summed E-state index contributed by atoms with van der Waals surface area (Å²) in [6.07, 6.45) is 14.2. The largest absolute Gasteiger partial charge is 0.491 e. The van der Waals surface area contributed by atoms with Crippen LogP contribution in [0.4, 0.5) is 16.2 Å². The Hall–Kier alpha value is -4.07. The zero-order valence-electron chi connectivity index (χ0n) is 49.8. The molecule has 4 atom stereocenters. The van der Waals surface area contributed by atoms with Crippen LogP contribution in [0.2, 0.25) is 0 Å². The second-order valence-electron chi connectivity index (χ2n) is 21.0. The zero-order chi connectivity index (χ0) is 56.6. The van der Waals surface area contributed by atoms with Crippen LogP contribution in [0.15, 0.2) is 76.9 Å². The molecular weight excluding hydrogens is 1030 g/mol. The third-order valence-electron chi connectivity index (χ3n) is 13.2. The van der Waals surface area contributed by atoms with Crippen molar-refractivity contribution in [3.05, 3.63) is 105 Å². The highest BCUT2D eigenvalue weighted by molar-refractivity contribution is 9.10. The van der Waals surface area contributed by atoms with Crippen molar-refractivity contribution in [2.45, 2.75) is 198 Å². The number of nitrogens with zero attached hydrogens (tertiary/aromatic N) is 2. The number of Topliss-reactive ketones (excluding diaryl/α,β-unsaturated/α-hetero) is 1. The summed E-state index contributed by atoms with van der Waals surface area (Å²) in [5, 5.41) is 2.96. The molecule has 76 heavy (non-hydrogen) atoms. The predicted molar refractivity (Wildman–Crippen MR) is 325 cm³/mol. The van der Waals surface area contributed by atoms with Crippen molar-refractivity contribution in [3.63, 3.8) is 0 Å². The number of ketones is 1. The third kappa shape index (κ3) is 23.5. The number of amides is 1. The van der Waals surface area contributed by atoms with Gasteiger partial charge in [-0.05, 0) is 129 Å². The summed E-state index contributed by atoms with van der Waals surface area (Å²) in [5.74, 6) is 1.56. The molecule has 1 amide bonds. The molecule has 4 unspecified atom stereocenters. The number of hydrogen-bond donors (Lipinski definition) is 1. The Labute approximate surface area is 474 Å². The van der Waals surface area contributed by atoms with Gasteiger partial charge in [0.25, 0.3) is 0 Å². The first kappa shape index (κ1) is 68.0. The lowest BCUT2D eigenvalue weighted by Gasteiger charge is -2.34. The van der Waals surface area contributed by atoms with Gasteiger partial charge in [0.15, 0.2) is 5.78 Å². The molecule has 0 saturated carbocycles. The maximum atomic E-state index is 13.8. The lowest BCUT2D eigenvalue weighted by molar-refractivity contribution is 0.0438. The molecule has 10 nitrogen and oxygen atoms in total. The molecule has 0 fully saturated rings. The Morgan fingerprint density at radius 3 is 2.03 bits per heavy atom. The fourth-order valence-corrected chi connectivity index (χ4v) is 9.87. The smallest absolute Gasteiger partial charge is 0.408 e. The van der Waals surface area contributed by atoms with E-state index < -0.39 is 11.7 Å². The van der Waals surface area contributed by atoms with Gasteiger partial charge in [-0.1, -0.05) is 157 Å². The lowest BCUT2D eigenvalue weighted by Crippen LogP contribution is -2.36. The first-order valence-electron chi connectivity index (χ1n) is 28.6. The first-order valence-corrected chi connectivity index (χ1v) is 30.3. The summed E-state index contributed by atoms with van der Waals surface area (Å²) in [5.41, 5.74) is 10.4. The van der Waals surface area contributed by atoms with Gasteiger partial charge in [0.2, 0.25) is 0 Å². The average molecular weight is 1140 g/mol. The summed E-state index contributed by atoms with van der Waals surface area (Å²) >= 11 is 5.37. The summed E-state index contributed by atoms with van der Waals surface area (Å²) in [4.78, 5) is 33.8. The van der Waals surface area contributed by atoms with Crippen LogP contribution in [-0.4, -0.2) is 69.2 Å². The van der Waals surface area contributed by atoms with Crippen molar-refractivity contribution in [1.29, 1.82) is 0 Å². The molecule has 0 aliphatic rings. The number of aromatic nitrogens is 1. The Kier molecular flexibility index (Phi) is 33.7. The van der Waals surface area contributed by atoms with Crippen LogP contribution in [-0.2, 0) is 18.9 Å². The summed E-state index contributed by atoms with van der Waals surface area (Å²) in [6.45, 7) is 37.0. The highest BCUT2D eigenvalue weighted by atomic mass is 79.9. The fraction of sp³-hybridized carbons (Fsp3) is 0.609. The molecule has 0 aliphatic carbocycles. The molecule has 12 heteroatoms. The minimum Gasteiger partial charge on any atom is -0.491 e. The first-order chi connectivity index (χ1) is 36.4. The van der Waals surface area contributed by atoms with Crippen molar-refractivity contribution < 1.29 is 33.3 Å². The van der Waals surface area contributed by atoms with Crippen LogP contribution >= 0.6 is 27.3 Å². The van der Waals surface area contributed by atoms with Crippen molar-refractivity contribution in [1.82, 2.24) is 10.3 Å². The minimum atomic E-state index is -0.538. The van der Waals surface area contributed by atoms with E-state index >= 15 is 0 Å². The van der Waals surface area contributed by atoms with Crippen LogP contribution < -0.4 is 15.0 Å². The lowest BCUT2D eigenvalue weighted by atomic mass is 9.87. The summed E-state index contributed by atoms with van der Waals surface area (Å²) < 4.78 is 29.5. The van der Waals surface area contributed by atoms with E-state index in [1.807, 2.05) is 64.4 Å². The zero-order valence-corrected chi connectivity index (χ0v) is 52.2. The number of carbonyl (C=O) groups excluding carboxylic acids is 2. The van der Waals surface area contributed by atoms with Crippen molar-refractivity contribution >= 4 is 50.5 Å². The minimum absolute atomic E-state index is 0.0930. The van der Waals surface area contributed by atoms with E-state index in [1.165, 1.54) is 55.4 Å². The number of allylic oxidation sites excluding steroid dienone is 1. The third-order valence-corrected chi connectivity index (χ3v) is 14.8. The van der Waals surface area contributed by atoms with Gasteiger partial charge in [0.05, 0.1) is 65.5 Å². The number of benzene rings is 3. The van der Waals surface area contributed by atoms with Gasteiger partial charge in [-0.25, -0.2) is 9.78 Å². The molecule has 0 aliphatic heterocycles. The highest BCUT2D eigenvalue weighted by Crippen LogP contribution is 2.45. The maximum absolute atomic E-state index is 13.8. The molecule has 1 aromatic heterocycles. The number of unbranched alkanes of at least 4 members (excludes halogenated alkanes) is 5. The van der Waals surface area contributed by atoms with Gasteiger partial charge in [0.1, 0.15) is 18.0 Å². The number of alkyl carbamates (subject to hydrolysis) is 1. The predicted octanol–water partition coefficient (Wildman–Crippen LogP) is 18.9. The summed E-state index contributed by atoms with van der Waals surface area (Å²) in [7, 11) is 1.68. The van der Waals surface area contributed by atoms with Crippen LogP contribution in [0, 0.1) is 25.7 Å². The standard InChI is InChI=1S/C38H58BrNO4.C23H34N2O3S.C3H8/c1-10-14-15-18-31(17-11-2)32-25-29(7)35(26-36(32)44-24-23-43-22-21-42-9)40(30(8)27(5)12-3)34-20-16-19-33(39)37(34)38(41)28(6)13-4;1-6-7-8-9-14-27-15-20(25-22(26)28-23(3,4)5)18-10-12-19(13-11-18)21-17(2)24-16-29-21;1-3-2/h16,19-20,25-28,31H,8,10-15,17-18,21-24H2,1-7,9H3;10-13,16,20H,6-9,14-15H2,1-5H3,(H,25,26);3H2,1-2H3. The van der Waals surface area contributed by atoms with E-state index in [1.54, 1.807) is 18.4 Å². The molecule has 1 N–H and O–H groups in total. The number of halogens is 1. The number of anilines is 2. The highest BCUT2D eigenvalue weighted by Gasteiger charge is 2.29. The van der Waals surface area contributed by atoms with Crippen LogP contribution in [0.5, 0.6) is 5.75 Å². The van der Waals surface area contributed by atoms with Crippen LogP contribution in [0.25, 0.3) is 10.4 Å². The number of rotatable bonds is 32. The van der Waals surface area contributed by atoms with E-state index in [4.69, 9.17) is 23.7 Å². The molecule has 0 radical (unpaired) electrons. The normalized spacial score (nSPS) is 12.8. The number of thiazole rings is 1. The number of ether oxygens (including phenoxy) is 5. The Balaban J connectivity index is 0.000000532. The second-order valence-corrected chi connectivity index (χ2v) is 22.7. The van der Waals surface area contributed by atoms with Gasteiger partial charge < -0.3 is 33.9 Å². The van der Waals surface area contributed by atoms with Gasteiger partial charge in [0, 0.05) is 35.9 Å². The Morgan fingerprint density at radius 2 is 1.43 bits per heavy atom. The molecule has 4 aromatic rings. The van der Waals surface area contributed by atoms with Crippen molar-refractivity contribution in [3.8, 4) is 16.2 Å². The van der Waals surface area contributed by atoms with Crippen molar-refractivity contribution in [2.24, 2.45) is 11.8 Å². The Bertz CT molecular complexity index is 2260. The van der Waals surface area contributed by atoms with E-state index in [0.29, 0.717) is 51.1 Å². The maximum Gasteiger partial charge on any atom is 0.408 e. The second kappa shape index (κ2) is 37.7. The van der Waals surface area contributed by atoms with E-state index in [9.17, 15) is 9.59 Å².